The molecule has 0 aliphatic carbocycles. The largest absolute Gasteiger partial charge is 0.439 e. The molecule has 0 aliphatic rings. The average molecular weight is 297 g/mol. The summed E-state index contributed by atoms with van der Waals surface area (Å²) in [5.74, 6) is 2.02. The van der Waals surface area contributed by atoms with Gasteiger partial charge in [-0.3, -0.25) is 0 Å². The van der Waals surface area contributed by atoms with Crippen molar-refractivity contribution in [3.8, 4) is 11.3 Å². The lowest BCUT2D eigenvalue weighted by Crippen LogP contribution is -2.14. The van der Waals surface area contributed by atoms with Crippen molar-refractivity contribution < 1.29 is 4.42 Å². The van der Waals surface area contributed by atoms with Crippen molar-refractivity contribution in [3.63, 3.8) is 0 Å². The number of aryl methyl sites for hydroxylation is 1. The first-order valence-corrected chi connectivity index (χ1v) is 7.89. The van der Waals surface area contributed by atoms with Crippen LogP contribution in [0.25, 0.3) is 22.2 Å². The van der Waals surface area contributed by atoms with Crippen molar-refractivity contribution >= 4 is 10.9 Å². The number of hydrogen-bond acceptors (Lipinski definition) is 3. The van der Waals surface area contributed by atoms with E-state index >= 15 is 0 Å². The molecule has 116 valence electrons. The number of aromatic amines is 1. The number of fused-ring (bicyclic) bond motifs is 1. The molecule has 3 N–H and O–H groups in total. The molecule has 0 aliphatic heterocycles. The smallest absolute Gasteiger partial charge is 0.212 e. The Hall–Kier alpha value is -2.07. The van der Waals surface area contributed by atoms with E-state index in [1.807, 2.05) is 25.3 Å². The van der Waals surface area contributed by atoms with Gasteiger partial charge >= 0.3 is 0 Å². The molecule has 0 bridgehead atoms. The Morgan fingerprint density at radius 3 is 2.86 bits per heavy atom. The molecule has 0 amide bonds. The van der Waals surface area contributed by atoms with Crippen molar-refractivity contribution in [1.82, 2.24) is 9.97 Å². The number of aromatic nitrogens is 2. The van der Waals surface area contributed by atoms with Crippen LogP contribution in [0.15, 0.2) is 34.9 Å². The van der Waals surface area contributed by atoms with Crippen LogP contribution in [-0.4, -0.2) is 9.97 Å². The normalized spacial score (nSPS) is 14.4. The summed E-state index contributed by atoms with van der Waals surface area (Å²) < 4.78 is 6.02. The van der Waals surface area contributed by atoms with Gasteiger partial charge in [-0.25, -0.2) is 4.98 Å². The topological polar surface area (TPSA) is 67.8 Å². The quantitative estimate of drug-likeness (QED) is 0.725. The highest BCUT2D eigenvalue weighted by molar-refractivity contribution is 5.94. The maximum absolute atomic E-state index is 6.26. The maximum atomic E-state index is 6.26. The van der Waals surface area contributed by atoms with Crippen LogP contribution in [0, 0.1) is 12.8 Å². The van der Waals surface area contributed by atoms with Crippen molar-refractivity contribution in [1.29, 1.82) is 0 Å². The molecular formula is C18H23N3O. The van der Waals surface area contributed by atoms with E-state index in [1.54, 1.807) is 0 Å². The summed E-state index contributed by atoms with van der Waals surface area (Å²) in [6.07, 6.45) is 3.98. The minimum absolute atomic E-state index is 0.146. The van der Waals surface area contributed by atoms with Gasteiger partial charge in [-0.1, -0.05) is 38.5 Å². The molecule has 2 aromatic heterocycles. The predicted molar refractivity (Wildman–Crippen MR) is 89.5 cm³/mol. The fraction of sp³-hybridized carbons (Fsp3) is 0.389. The van der Waals surface area contributed by atoms with E-state index in [9.17, 15) is 0 Å². The summed E-state index contributed by atoms with van der Waals surface area (Å²) in [4.78, 5) is 7.83. The third kappa shape index (κ3) is 2.66. The van der Waals surface area contributed by atoms with Crippen molar-refractivity contribution in [2.75, 3.05) is 0 Å². The maximum Gasteiger partial charge on any atom is 0.212 e. The van der Waals surface area contributed by atoms with Gasteiger partial charge in [0, 0.05) is 22.7 Å². The molecule has 0 fully saturated rings. The highest BCUT2D eigenvalue weighted by Gasteiger charge is 2.20. The van der Waals surface area contributed by atoms with E-state index in [1.165, 1.54) is 0 Å². The summed E-state index contributed by atoms with van der Waals surface area (Å²) in [6.45, 7) is 6.35. The fourth-order valence-corrected chi connectivity index (χ4v) is 2.79. The molecular weight excluding hydrogens is 274 g/mol. The van der Waals surface area contributed by atoms with Crippen LogP contribution in [0.4, 0.5) is 0 Å². The van der Waals surface area contributed by atoms with Gasteiger partial charge in [0.2, 0.25) is 5.89 Å². The van der Waals surface area contributed by atoms with E-state index < -0.39 is 0 Å². The minimum atomic E-state index is -0.146. The molecule has 0 unspecified atom stereocenters. The van der Waals surface area contributed by atoms with E-state index in [0.717, 1.165) is 40.8 Å². The van der Waals surface area contributed by atoms with Crippen LogP contribution >= 0.6 is 0 Å². The second-order valence-corrected chi connectivity index (χ2v) is 6.07. The average Bonchev–Trinajstić information content (AvgIpc) is 3.10. The molecule has 0 saturated carbocycles. The van der Waals surface area contributed by atoms with E-state index in [0.29, 0.717) is 11.8 Å². The van der Waals surface area contributed by atoms with Gasteiger partial charge in [0.15, 0.2) is 5.76 Å². The number of rotatable bonds is 5. The number of H-pyrrole nitrogens is 1. The monoisotopic (exact) mass is 297 g/mol. The molecule has 0 spiro atoms. The lowest BCUT2D eigenvalue weighted by molar-refractivity contribution is 0.390. The van der Waals surface area contributed by atoms with Gasteiger partial charge < -0.3 is 15.1 Å². The first-order valence-electron chi connectivity index (χ1n) is 7.89. The van der Waals surface area contributed by atoms with Crippen molar-refractivity contribution in [2.24, 2.45) is 11.7 Å². The fourth-order valence-electron chi connectivity index (χ4n) is 2.79. The standard InChI is InChI=1S/C18H23N3O/c1-4-11(2)9-15(19)18-21-12(3)17(22-18)14-10-20-16-8-6-5-7-13(14)16/h5-8,10-11,15,20H,4,9,19H2,1-3H3/t11-,15+/m0/s1. The Morgan fingerprint density at radius 1 is 1.32 bits per heavy atom. The van der Waals surface area contributed by atoms with E-state index in [2.05, 4.69) is 35.9 Å². The Balaban J connectivity index is 1.96. The van der Waals surface area contributed by atoms with Crippen LogP contribution in [0.2, 0.25) is 0 Å². The molecule has 0 saturated heterocycles. The SMILES string of the molecule is CC[C@H](C)C[C@@H](N)c1nc(C)c(-c2c[nH]c3ccccc23)o1. The Labute approximate surface area is 130 Å². The molecule has 2 heterocycles. The zero-order valence-electron chi connectivity index (χ0n) is 13.4. The molecule has 2 atom stereocenters. The van der Waals surface area contributed by atoms with Crippen LogP contribution in [0.5, 0.6) is 0 Å². The molecule has 1 aromatic carbocycles. The number of nitrogens with two attached hydrogens (primary N) is 1. The zero-order valence-corrected chi connectivity index (χ0v) is 13.4. The number of hydrogen-bond donors (Lipinski definition) is 2. The number of para-hydroxylation sites is 1. The molecule has 3 rings (SSSR count). The number of nitrogens with zero attached hydrogens (tertiary/aromatic N) is 1. The second-order valence-electron chi connectivity index (χ2n) is 6.07. The Kier molecular flexibility index (Phi) is 4.03. The van der Waals surface area contributed by atoms with Crippen LogP contribution < -0.4 is 5.73 Å². The molecule has 22 heavy (non-hydrogen) atoms. The van der Waals surface area contributed by atoms with E-state index in [-0.39, 0.29) is 6.04 Å². The minimum Gasteiger partial charge on any atom is -0.439 e. The van der Waals surface area contributed by atoms with Gasteiger partial charge in [-0.05, 0) is 25.3 Å². The summed E-state index contributed by atoms with van der Waals surface area (Å²) in [5.41, 5.74) is 9.28. The summed E-state index contributed by atoms with van der Waals surface area (Å²) in [6, 6.07) is 8.04. The first kappa shape index (κ1) is 14.9. The van der Waals surface area contributed by atoms with Gasteiger partial charge in [0.25, 0.3) is 0 Å². The summed E-state index contributed by atoms with van der Waals surface area (Å²) in [5, 5.41) is 1.14. The molecule has 4 nitrogen and oxygen atoms in total. The molecule has 3 aromatic rings. The van der Waals surface area contributed by atoms with Gasteiger partial charge in [0.1, 0.15) is 0 Å². The summed E-state index contributed by atoms with van der Waals surface area (Å²) in [7, 11) is 0. The lowest BCUT2D eigenvalue weighted by atomic mass is 10.00. The first-order chi connectivity index (χ1) is 10.6. The highest BCUT2D eigenvalue weighted by Crippen LogP contribution is 2.33. The van der Waals surface area contributed by atoms with Crippen LogP contribution in [0.3, 0.4) is 0 Å². The van der Waals surface area contributed by atoms with Gasteiger partial charge in [-0.2, -0.15) is 0 Å². The summed E-state index contributed by atoms with van der Waals surface area (Å²) >= 11 is 0. The van der Waals surface area contributed by atoms with Crippen molar-refractivity contribution in [2.45, 2.75) is 39.7 Å². The lowest BCUT2D eigenvalue weighted by Gasteiger charge is -2.12. The Morgan fingerprint density at radius 2 is 2.09 bits per heavy atom. The number of oxazole rings is 1. The third-order valence-corrected chi connectivity index (χ3v) is 4.32. The third-order valence-electron chi connectivity index (χ3n) is 4.32. The molecule has 4 heteroatoms. The number of nitrogens with one attached hydrogen (secondary N) is 1. The van der Waals surface area contributed by atoms with E-state index in [4.69, 9.17) is 10.2 Å². The Bertz CT molecular complexity index is 772. The molecule has 0 radical (unpaired) electrons. The van der Waals surface area contributed by atoms with Gasteiger partial charge in [0.05, 0.1) is 11.7 Å². The van der Waals surface area contributed by atoms with Crippen LogP contribution in [0.1, 0.15) is 44.3 Å². The highest BCUT2D eigenvalue weighted by atomic mass is 16.4. The van der Waals surface area contributed by atoms with Crippen LogP contribution in [-0.2, 0) is 0 Å². The predicted octanol–water partition coefficient (Wildman–Crippen LogP) is 4.57. The van der Waals surface area contributed by atoms with Gasteiger partial charge in [-0.15, -0.1) is 0 Å². The second kappa shape index (κ2) is 5.97. The van der Waals surface area contributed by atoms with Crippen molar-refractivity contribution in [3.05, 3.63) is 42.0 Å². The zero-order chi connectivity index (χ0) is 15.7. The number of benzene rings is 1.